The molecule has 7 aromatic rings. The Balaban J connectivity index is 1.81. The fourth-order valence-corrected chi connectivity index (χ4v) is 5.91. The van der Waals surface area contributed by atoms with Gasteiger partial charge in [-0.3, -0.25) is 0 Å². The number of fused-ring (bicyclic) bond motifs is 1. The van der Waals surface area contributed by atoms with Crippen molar-refractivity contribution >= 4 is 10.8 Å². The molecule has 0 aliphatic heterocycles. The quantitative estimate of drug-likeness (QED) is 0.224. The first kappa shape index (κ1) is 23.9. The summed E-state index contributed by atoms with van der Waals surface area (Å²) in [6.45, 7) is 2.18. The Hall–Kier alpha value is -5.21. The van der Waals surface area contributed by atoms with Crippen LogP contribution in [-0.2, 0) is 0 Å². The van der Waals surface area contributed by atoms with E-state index in [0.29, 0.717) is 0 Å². The predicted octanol–water partition coefficient (Wildman–Crippen LogP) is 10.0. The zero-order valence-electron chi connectivity index (χ0n) is 22.3. The van der Waals surface area contributed by atoms with E-state index in [4.69, 9.17) is 5.10 Å². The Morgan fingerprint density at radius 3 is 1.40 bits per heavy atom. The number of rotatable bonds is 5. The van der Waals surface area contributed by atoms with Crippen LogP contribution in [0, 0.1) is 6.92 Å². The molecule has 0 aliphatic carbocycles. The minimum absolute atomic E-state index is 1.08. The van der Waals surface area contributed by atoms with Crippen molar-refractivity contribution in [2.24, 2.45) is 0 Å². The van der Waals surface area contributed by atoms with Gasteiger partial charge in [-0.25, -0.2) is 4.68 Å². The average molecular weight is 513 g/mol. The van der Waals surface area contributed by atoms with E-state index < -0.39 is 0 Å². The number of hydrogen-bond donors (Lipinski definition) is 0. The molecule has 7 rings (SSSR count). The van der Waals surface area contributed by atoms with E-state index in [-0.39, 0.29) is 0 Å². The molecule has 2 nitrogen and oxygen atoms in total. The van der Waals surface area contributed by atoms with Gasteiger partial charge in [-0.2, -0.15) is 5.10 Å². The van der Waals surface area contributed by atoms with Crippen molar-refractivity contribution in [3.63, 3.8) is 0 Å². The third-order valence-corrected chi connectivity index (χ3v) is 7.53. The topological polar surface area (TPSA) is 17.8 Å². The van der Waals surface area contributed by atoms with Gasteiger partial charge in [0, 0.05) is 23.3 Å². The molecule has 0 bridgehead atoms. The van der Waals surface area contributed by atoms with Crippen molar-refractivity contribution in [3.8, 4) is 50.2 Å². The standard InChI is InChI=1S/C38H28N2/c1-27-25-32-34(28-15-6-2-7-16-28)35(29-17-8-3-9-18-29)36(30-19-10-4-11-20-30)37(31-21-12-5-13-22-31)38(32)33(26-27)40-24-14-23-39-40/h2-26H,1H3. The van der Waals surface area contributed by atoms with Crippen molar-refractivity contribution in [1.82, 2.24) is 9.78 Å². The number of aromatic nitrogens is 2. The molecule has 0 spiro atoms. The van der Waals surface area contributed by atoms with Crippen LogP contribution in [0.5, 0.6) is 0 Å². The summed E-state index contributed by atoms with van der Waals surface area (Å²) in [4.78, 5) is 0. The van der Waals surface area contributed by atoms with Crippen molar-refractivity contribution in [1.29, 1.82) is 0 Å². The molecule has 2 heteroatoms. The Kier molecular flexibility index (Phi) is 6.07. The Morgan fingerprint density at radius 2 is 0.925 bits per heavy atom. The van der Waals surface area contributed by atoms with Crippen LogP contribution in [0.3, 0.4) is 0 Å². The van der Waals surface area contributed by atoms with Crippen molar-refractivity contribution < 1.29 is 0 Å². The van der Waals surface area contributed by atoms with E-state index in [1.54, 1.807) is 0 Å². The fourth-order valence-electron chi connectivity index (χ4n) is 5.91. The Morgan fingerprint density at radius 1 is 0.475 bits per heavy atom. The highest BCUT2D eigenvalue weighted by atomic mass is 15.3. The number of nitrogens with zero attached hydrogens (tertiary/aromatic N) is 2. The molecule has 0 saturated carbocycles. The van der Waals surface area contributed by atoms with E-state index in [1.807, 2.05) is 23.1 Å². The molecular weight excluding hydrogens is 484 g/mol. The van der Waals surface area contributed by atoms with Crippen molar-refractivity contribution in [2.75, 3.05) is 0 Å². The summed E-state index contributed by atoms with van der Waals surface area (Å²) in [5.74, 6) is 0. The highest BCUT2D eigenvalue weighted by Gasteiger charge is 2.26. The lowest BCUT2D eigenvalue weighted by molar-refractivity contribution is 0.887. The summed E-state index contributed by atoms with van der Waals surface area (Å²) >= 11 is 0. The summed E-state index contributed by atoms with van der Waals surface area (Å²) in [5, 5.41) is 7.12. The maximum atomic E-state index is 4.71. The van der Waals surface area contributed by atoms with E-state index >= 15 is 0 Å². The normalized spacial score (nSPS) is 11.1. The third-order valence-electron chi connectivity index (χ3n) is 7.53. The molecule has 0 fully saturated rings. The van der Waals surface area contributed by atoms with Crippen LogP contribution in [0.25, 0.3) is 61.0 Å². The molecule has 0 unspecified atom stereocenters. The van der Waals surface area contributed by atoms with Crippen LogP contribution in [0.4, 0.5) is 0 Å². The summed E-state index contributed by atoms with van der Waals surface area (Å²) in [5.41, 5.74) is 11.9. The summed E-state index contributed by atoms with van der Waals surface area (Å²) in [7, 11) is 0. The highest BCUT2D eigenvalue weighted by molar-refractivity contribution is 6.20. The van der Waals surface area contributed by atoms with Gasteiger partial charge in [0.25, 0.3) is 0 Å². The SMILES string of the molecule is Cc1cc(-n2cccn2)c2c(-c3ccccc3)c(-c3ccccc3)c(-c3ccccc3)c(-c3ccccc3)c2c1. The van der Waals surface area contributed by atoms with E-state index in [9.17, 15) is 0 Å². The third kappa shape index (κ3) is 4.11. The summed E-state index contributed by atoms with van der Waals surface area (Å²) < 4.78 is 2.01. The Bertz CT molecular complexity index is 1910. The number of benzene rings is 6. The van der Waals surface area contributed by atoms with Crippen LogP contribution in [0.2, 0.25) is 0 Å². The van der Waals surface area contributed by atoms with Crippen LogP contribution in [0.1, 0.15) is 5.56 Å². The second-order valence-corrected chi connectivity index (χ2v) is 10.1. The van der Waals surface area contributed by atoms with Gasteiger partial charge in [-0.05, 0) is 69.0 Å². The average Bonchev–Trinajstić information content (AvgIpc) is 3.56. The molecule has 1 heterocycles. The zero-order valence-corrected chi connectivity index (χ0v) is 22.3. The number of hydrogen-bond acceptors (Lipinski definition) is 1. The molecule has 0 atom stereocenters. The first-order valence-electron chi connectivity index (χ1n) is 13.7. The smallest absolute Gasteiger partial charge is 0.0733 e. The maximum Gasteiger partial charge on any atom is 0.0733 e. The van der Waals surface area contributed by atoms with Gasteiger partial charge < -0.3 is 0 Å². The minimum Gasteiger partial charge on any atom is -0.240 e. The molecule has 0 amide bonds. The first-order valence-corrected chi connectivity index (χ1v) is 13.7. The van der Waals surface area contributed by atoms with Crippen LogP contribution < -0.4 is 0 Å². The van der Waals surface area contributed by atoms with Gasteiger partial charge in [-0.15, -0.1) is 0 Å². The molecule has 0 N–H and O–H groups in total. The van der Waals surface area contributed by atoms with Crippen molar-refractivity contribution in [2.45, 2.75) is 6.92 Å². The lowest BCUT2D eigenvalue weighted by atomic mass is 9.78. The minimum atomic E-state index is 1.08. The van der Waals surface area contributed by atoms with Gasteiger partial charge in [-0.1, -0.05) is 127 Å². The second kappa shape index (κ2) is 10.2. The van der Waals surface area contributed by atoms with Gasteiger partial charge in [0.15, 0.2) is 0 Å². The summed E-state index contributed by atoms with van der Waals surface area (Å²) in [6.07, 6.45) is 3.89. The van der Waals surface area contributed by atoms with Gasteiger partial charge in [0.2, 0.25) is 0 Å². The lowest BCUT2D eigenvalue weighted by Gasteiger charge is -2.26. The molecule has 40 heavy (non-hydrogen) atoms. The van der Waals surface area contributed by atoms with E-state index in [2.05, 4.69) is 140 Å². The summed E-state index contributed by atoms with van der Waals surface area (Å²) in [6, 6.07) is 49.9. The molecule has 190 valence electrons. The van der Waals surface area contributed by atoms with Crippen LogP contribution in [-0.4, -0.2) is 9.78 Å². The molecule has 0 radical (unpaired) electrons. The van der Waals surface area contributed by atoms with E-state index in [1.165, 1.54) is 60.8 Å². The van der Waals surface area contributed by atoms with Gasteiger partial charge in [0.1, 0.15) is 0 Å². The Labute approximate surface area is 234 Å². The first-order chi connectivity index (χ1) is 19.8. The molecule has 1 aromatic heterocycles. The fraction of sp³-hybridized carbons (Fsp3) is 0.0263. The largest absolute Gasteiger partial charge is 0.240 e. The zero-order chi connectivity index (χ0) is 26.9. The van der Waals surface area contributed by atoms with Crippen LogP contribution >= 0.6 is 0 Å². The molecule has 6 aromatic carbocycles. The monoisotopic (exact) mass is 512 g/mol. The maximum absolute atomic E-state index is 4.71. The van der Waals surface area contributed by atoms with Crippen LogP contribution in [0.15, 0.2) is 152 Å². The lowest BCUT2D eigenvalue weighted by Crippen LogP contribution is -2.03. The van der Waals surface area contributed by atoms with Crippen molar-refractivity contribution in [3.05, 3.63) is 157 Å². The predicted molar refractivity (Wildman–Crippen MR) is 168 cm³/mol. The van der Waals surface area contributed by atoms with Gasteiger partial charge >= 0.3 is 0 Å². The molecule has 0 saturated heterocycles. The highest BCUT2D eigenvalue weighted by Crippen LogP contribution is 2.52. The van der Waals surface area contributed by atoms with E-state index in [0.717, 1.165) is 5.69 Å². The molecular formula is C38H28N2. The number of aryl methyl sites for hydroxylation is 1. The molecule has 0 aliphatic rings. The second-order valence-electron chi connectivity index (χ2n) is 10.1. The van der Waals surface area contributed by atoms with Gasteiger partial charge in [0.05, 0.1) is 5.69 Å².